The molecule has 1 aliphatic rings. The Kier molecular flexibility index (Phi) is 5.22. The molecule has 0 aliphatic carbocycles. The van der Waals surface area contributed by atoms with Gasteiger partial charge >= 0.3 is 0 Å². The molecule has 2 unspecified atom stereocenters. The summed E-state index contributed by atoms with van der Waals surface area (Å²) < 4.78 is 0. The quantitative estimate of drug-likeness (QED) is 0.791. The van der Waals surface area contributed by atoms with Crippen LogP contribution in [0.2, 0.25) is 0 Å². The van der Waals surface area contributed by atoms with E-state index < -0.39 is 5.60 Å². The largest absolute Gasteiger partial charge is 0.389 e. The van der Waals surface area contributed by atoms with Crippen LogP contribution in [0.25, 0.3) is 0 Å². The maximum Gasteiger partial charge on any atom is 0.0743 e. The summed E-state index contributed by atoms with van der Waals surface area (Å²) >= 11 is 0. The molecular weight excluding hydrogens is 200 g/mol. The van der Waals surface area contributed by atoms with Crippen LogP contribution < -0.4 is 0 Å². The molecule has 2 atom stereocenters. The minimum Gasteiger partial charge on any atom is -0.389 e. The van der Waals surface area contributed by atoms with Gasteiger partial charge in [-0.05, 0) is 46.3 Å². The third-order valence-corrected chi connectivity index (χ3v) is 3.80. The van der Waals surface area contributed by atoms with Gasteiger partial charge in [0.25, 0.3) is 0 Å². The van der Waals surface area contributed by atoms with Crippen molar-refractivity contribution in [2.24, 2.45) is 0 Å². The summed E-state index contributed by atoms with van der Waals surface area (Å²) in [5.74, 6) is 0. The van der Waals surface area contributed by atoms with Gasteiger partial charge in [-0.15, -0.1) is 0 Å². The fourth-order valence-electron chi connectivity index (χ4n) is 2.44. The second kappa shape index (κ2) is 5.99. The SMILES string of the molecule is CCC1CN(C)CCCN1CC(C)(O)CC. The first-order chi connectivity index (χ1) is 7.48. The summed E-state index contributed by atoms with van der Waals surface area (Å²) in [6, 6.07) is 0.602. The standard InChI is InChI=1S/C13H28N2O/c1-5-12-10-14(4)8-7-9-15(12)11-13(3,16)6-2/h12,16H,5-11H2,1-4H3. The van der Waals surface area contributed by atoms with E-state index in [-0.39, 0.29) is 0 Å². The van der Waals surface area contributed by atoms with Crippen LogP contribution in [0.3, 0.4) is 0 Å². The molecule has 0 bridgehead atoms. The molecule has 0 saturated carbocycles. The molecule has 1 rings (SSSR count). The molecule has 16 heavy (non-hydrogen) atoms. The van der Waals surface area contributed by atoms with Crippen LogP contribution in [-0.2, 0) is 0 Å². The fourth-order valence-corrected chi connectivity index (χ4v) is 2.44. The Hall–Kier alpha value is -0.120. The molecule has 1 fully saturated rings. The van der Waals surface area contributed by atoms with E-state index in [0.29, 0.717) is 6.04 Å². The Morgan fingerprint density at radius 2 is 2.00 bits per heavy atom. The molecule has 3 nitrogen and oxygen atoms in total. The van der Waals surface area contributed by atoms with Gasteiger partial charge in [-0.3, -0.25) is 4.90 Å². The molecule has 3 heteroatoms. The lowest BCUT2D eigenvalue weighted by Gasteiger charge is -2.35. The second-order valence-corrected chi connectivity index (χ2v) is 5.50. The zero-order valence-electron chi connectivity index (χ0n) is 11.4. The Morgan fingerprint density at radius 3 is 2.56 bits per heavy atom. The normalized spacial score (nSPS) is 28.7. The molecule has 0 radical (unpaired) electrons. The van der Waals surface area contributed by atoms with Gasteiger partial charge < -0.3 is 10.0 Å². The summed E-state index contributed by atoms with van der Waals surface area (Å²) in [6.07, 6.45) is 3.21. The molecule has 1 N–H and O–H groups in total. The van der Waals surface area contributed by atoms with Gasteiger partial charge in [0.1, 0.15) is 0 Å². The van der Waals surface area contributed by atoms with E-state index in [0.717, 1.165) is 26.1 Å². The van der Waals surface area contributed by atoms with Gasteiger partial charge in [0.15, 0.2) is 0 Å². The molecular formula is C13H28N2O. The lowest BCUT2D eigenvalue weighted by Crippen LogP contribution is -2.47. The molecule has 1 aliphatic heterocycles. The fraction of sp³-hybridized carbons (Fsp3) is 1.00. The van der Waals surface area contributed by atoms with Crippen LogP contribution >= 0.6 is 0 Å². The van der Waals surface area contributed by atoms with Crippen LogP contribution in [0.5, 0.6) is 0 Å². The van der Waals surface area contributed by atoms with Crippen molar-refractivity contribution >= 4 is 0 Å². The summed E-state index contributed by atoms with van der Waals surface area (Å²) in [6.45, 7) is 10.5. The van der Waals surface area contributed by atoms with Gasteiger partial charge in [0, 0.05) is 19.1 Å². The molecule has 96 valence electrons. The van der Waals surface area contributed by atoms with E-state index in [1.54, 1.807) is 0 Å². The van der Waals surface area contributed by atoms with Crippen molar-refractivity contribution < 1.29 is 5.11 Å². The molecule has 1 saturated heterocycles. The highest BCUT2D eigenvalue weighted by Gasteiger charge is 2.28. The predicted molar refractivity (Wildman–Crippen MR) is 68.7 cm³/mol. The third-order valence-electron chi connectivity index (χ3n) is 3.80. The maximum absolute atomic E-state index is 10.2. The molecule has 1 heterocycles. The number of rotatable bonds is 4. The Morgan fingerprint density at radius 1 is 1.31 bits per heavy atom. The van der Waals surface area contributed by atoms with Crippen LogP contribution in [0, 0.1) is 0 Å². The first-order valence-electron chi connectivity index (χ1n) is 6.63. The number of likely N-dealkylation sites (N-methyl/N-ethyl adjacent to an activating group) is 1. The van der Waals surface area contributed by atoms with E-state index in [4.69, 9.17) is 0 Å². The minimum absolute atomic E-state index is 0.531. The lowest BCUT2D eigenvalue weighted by atomic mass is 10.0. The van der Waals surface area contributed by atoms with E-state index in [1.165, 1.54) is 19.4 Å². The molecule has 0 spiro atoms. The third kappa shape index (κ3) is 4.04. The molecule has 0 aromatic rings. The molecule has 0 aromatic heterocycles. The van der Waals surface area contributed by atoms with Gasteiger partial charge in [-0.2, -0.15) is 0 Å². The van der Waals surface area contributed by atoms with Crippen molar-refractivity contribution in [2.75, 3.05) is 33.2 Å². The monoisotopic (exact) mass is 228 g/mol. The summed E-state index contributed by atoms with van der Waals surface area (Å²) in [5.41, 5.74) is -0.531. The van der Waals surface area contributed by atoms with Crippen LogP contribution in [0.1, 0.15) is 40.0 Å². The summed E-state index contributed by atoms with van der Waals surface area (Å²) in [5, 5.41) is 10.2. The maximum atomic E-state index is 10.2. The lowest BCUT2D eigenvalue weighted by molar-refractivity contribution is 0.00311. The molecule has 0 aromatic carbocycles. The highest BCUT2D eigenvalue weighted by atomic mass is 16.3. The van der Waals surface area contributed by atoms with Crippen LogP contribution in [0.4, 0.5) is 0 Å². The topological polar surface area (TPSA) is 26.7 Å². The van der Waals surface area contributed by atoms with Crippen molar-refractivity contribution in [3.63, 3.8) is 0 Å². The first-order valence-corrected chi connectivity index (χ1v) is 6.63. The number of hydrogen-bond acceptors (Lipinski definition) is 3. The predicted octanol–water partition coefficient (Wildman–Crippen LogP) is 1.56. The zero-order valence-corrected chi connectivity index (χ0v) is 11.4. The van der Waals surface area contributed by atoms with E-state index in [2.05, 4.69) is 30.7 Å². The van der Waals surface area contributed by atoms with Gasteiger partial charge in [0.05, 0.1) is 5.60 Å². The number of hydrogen-bond donors (Lipinski definition) is 1. The second-order valence-electron chi connectivity index (χ2n) is 5.50. The highest BCUT2D eigenvalue weighted by molar-refractivity contribution is 4.83. The smallest absolute Gasteiger partial charge is 0.0743 e. The average molecular weight is 228 g/mol. The van der Waals surface area contributed by atoms with Crippen LogP contribution in [0.15, 0.2) is 0 Å². The summed E-state index contributed by atoms with van der Waals surface area (Å²) in [4.78, 5) is 4.89. The van der Waals surface area contributed by atoms with Crippen molar-refractivity contribution in [1.82, 2.24) is 9.80 Å². The number of aliphatic hydroxyl groups is 1. The summed E-state index contributed by atoms with van der Waals surface area (Å²) in [7, 11) is 2.20. The minimum atomic E-state index is -0.531. The average Bonchev–Trinajstić information content (AvgIpc) is 2.40. The van der Waals surface area contributed by atoms with Crippen molar-refractivity contribution in [3.05, 3.63) is 0 Å². The number of nitrogens with zero attached hydrogens (tertiary/aromatic N) is 2. The van der Waals surface area contributed by atoms with Gasteiger partial charge in [-0.1, -0.05) is 13.8 Å². The van der Waals surface area contributed by atoms with Crippen molar-refractivity contribution in [3.8, 4) is 0 Å². The van der Waals surface area contributed by atoms with Crippen LogP contribution in [-0.4, -0.2) is 59.8 Å². The Balaban J connectivity index is 2.61. The van der Waals surface area contributed by atoms with E-state index >= 15 is 0 Å². The highest BCUT2D eigenvalue weighted by Crippen LogP contribution is 2.17. The van der Waals surface area contributed by atoms with Gasteiger partial charge in [-0.25, -0.2) is 0 Å². The van der Waals surface area contributed by atoms with Gasteiger partial charge in [0.2, 0.25) is 0 Å². The van der Waals surface area contributed by atoms with E-state index in [1.807, 2.05) is 6.92 Å². The first kappa shape index (κ1) is 13.9. The van der Waals surface area contributed by atoms with E-state index in [9.17, 15) is 5.11 Å². The van der Waals surface area contributed by atoms with Crippen molar-refractivity contribution in [2.45, 2.75) is 51.7 Å². The van der Waals surface area contributed by atoms with Crippen molar-refractivity contribution in [1.29, 1.82) is 0 Å². The number of β-amino-alcohol motifs (C(OH)–C–C–N with tert-alkyl or cyclic N) is 1. The zero-order chi connectivity index (χ0) is 12.2. The Bertz CT molecular complexity index is 206. The molecule has 0 amide bonds. The Labute approximate surface area is 100 Å².